The first-order chi connectivity index (χ1) is 7.75. The number of rotatable bonds is 2. The minimum absolute atomic E-state index is 0.110. The van der Waals surface area contributed by atoms with Crippen molar-refractivity contribution in [3.05, 3.63) is 0 Å². The molecule has 1 atom stereocenters. The van der Waals surface area contributed by atoms with Crippen molar-refractivity contribution in [2.24, 2.45) is 5.92 Å². The summed E-state index contributed by atoms with van der Waals surface area (Å²) in [6, 6.07) is 0.237. The SMILES string of the molecule is CC1CCC(NC(=O)C2COCCN2)CC1. The Morgan fingerprint density at radius 2 is 2.06 bits per heavy atom. The predicted molar refractivity (Wildman–Crippen MR) is 62.2 cm³/mol. The summed E-state index contributed by atoms with van der Waals surface area (Å²) in [6.45, 7) is 4.29. The molecule has 1 saturated carbocycles. The summed E-state index contributed by atoms with van der Waals surface area (Å²) < 4.78 is 5.29. The molecule has 1 saturated heterocycles. The van der Waals surface area contributed by atoms with Crippen LogP contribution in [0.4, 0.5) is 0 Å². The van der Waals surface area contributed by atoms with Crippen LogP contribution in [0, 0.1) is 5.92 Å². The molecule has 4 heteroatoms. The minimum Gasteiger partial charge on any atom is -0.378 e. The first-order valence-electron chi connectivity index (χ1n) is 6.37. The quantitative estimate of drug-likeness (QED) is 0.727. The smallest absolute Gasteiger partial charge is 0.239 e. The van der Waals surface area contributed by atoms with Crippen molar-refractivity contribution in [2.45, 2.75) is 44.7 Å². The Hall–Kier alpha value is -0.610. The van der Waals surface area contributed by atoms with E-state index in [0.29, 0.717) is 19.3 Å². The highest BCUT2D eigenvalue weighted by Gasteiger charge is 2.25. The average Bonchev–Trinajstić information content (AvgIpc) is 2.33. The molecule has 92 valence electrons. The molecule has 0 spiro atoms. The van der Waals surface area contributed by atoms with Crippen LogP contribution in [0.2, 0.25) is 0 Å². The average molecular weight is 226 g/mol. The van der Waals surface area contributed by atoms with Gasteiger partial charge in [0.15, 0.2) is 0 Å². The zero-order valence-corrected chi connectivity index (χ0v) is 10.00. The second-order valence-electron chi connectivity index (χ2n) is 5.05. The zero-order chi connectivity index (χ0) is 11.4. The maximum absolute atomic E-state index is 11.9. The molecule has 2 N–H and O–H groups in total. The Labute approximate surface area is 97.1 Å². The first-order valence-corrected chi connectivity index (χ1v) is 6.37. The van der Waals surface area contributed by atoms with E-state index in [0.717, 1.165) is 25.3 Å². The molecule has 4 nitrogen and oxygen atoms in total. The van der Waals surface area contributed by atoms with Crippen molar-refractivity contribution < 1.29 is 9.53 Å². The predicted octanol–water partition coefficient (Wildman–Crippen LogP) is 0.670. The van der Waals surface area contributed by atoms with Crippen molar-refractivity contribution in [2.75, 3.05) is 19.8 Å². The minimum atomic E-state index is -0.145. The Kier molecular flexibility index (Phi) is 4.18. The molecule has 1 amide bonds. The third kappa shape index (κ3) is 3.19. The zero-order valence-electron chi connectivity index (χ0n) is 10.00. The van der Waals surface area contributed by atoms with Gasteiger partial charge >= 0.3 is 0 Å². The lowest BCUT2D eigenvalue weighted by Crippen LogP contribution is -2.53. The van der Waals surface area contributed by atoms with E-state index in [9.17, 15) is 4.79 Å². The molecule has 1 aliphatic carbocycles. The van der Waals surface area contributed by atoms with E-state index in [1.165, 1.54) is 12.8 Å². The van der Waals surface area contributed by atoms with Gasteiger partial charge in [-0.2, -0.15) is 0 Å². The van der Waals surface area contributed by atoms with Gasteiger partial charge in [-0.15, -0.1) is 0 Å². The van der Waals surface area contributed by atoms with Gasteiger partial charge in [-0.25, -0.2) is 0 Å². The Balaban J connectivity index is 1.73. The summed E-state index contributed by atoms with van der Waals surface area (Å²) in [5, 5.41) is 6.31. The van der Waals surface area contributed by atoms with Crippen molar-refractivity contribution in [3.63, 3.8) is 0 Å². The fourth-order valence-corrected chi connectivity index (χ4v) is 2.44. The van der Waals surface area contributed by atoms with Crippen LogP contribution in [0.25, 0.3) is 0 Å². The molecule has 0 bridgehead atoms. The van der Waals surface area contributed by atoms with Crippen LogP contribution < -0.4 is 10.6 Å². The summed E-state index contributed by atoms with van der Waals surface area (Å²) in [5.41, 5.74) is 0. The van der Waals surface area contributed by atoms with Gasteiger partial charge in [-0.3, -0.25) is 4.79 Å². The van der Waals surface area contributed by atoms with Crippen LogP contribution in [-0.2, 0) is 9.53 Å². The van der Waals surface area contributed by atoms with Crippen molar-refractivity contribution in [3.8, 4) is 0 Å². The second-order valence-corrected chi connectivity index (χ2v) is 5.05. The number of ether oxygens (including phenoxy) is 1. The van der Waals surface area contributed by atoms with Gasteiger partial charge < -0.3 is 15.4 Å². The Morgan fingerprint density at radius 1 is 1.31 bits per heavy atom. The fourth-order valence-electron chi connectivity index (χ4n) is 2.44. The number of morpholine rings is 1. The molecular formula is C12H22N2O2. The van der Waals surface area contributed by atoms with Gasteiger partial charge in [-0.1, -0.05) is 6.92 Å². The van der Waals surface area contributed by atoms with Crippen LogP contribution in [-0.4, -0.2) is 37.7 Å². The van der Waals surface area contributed by atoms with Gasteiger partial charge in [0.05, 0.1) is 13.2 Å². The lowest BCUT2D eigenvalue weighted by molar-refractivity contribution is -0.126. The van der Waals surface area contributed by atoms with Crippen LogP contribution in [0.15, 0.2) is 0 Å². The van der Waals surface area contributed by atoms with E-state index in [1.54, 1.807) is 0 Å². The van der Waals surface area contributed by atoms with E-state index in [2.05, 4.69) is 17.6 Å². The lowest BCUT2D eigenvalue weighted by Gasteiger charge is -2.29. The van der Waals surface area contributed by atoms with E-state index in [-0.39, 0.29) is 11.9 Å². The van der Waals surface area contributed by atoms with E-state index < -0.39 is 0 Å². The lowest BCUT2D eigenvalue weighted by atomic mass is 9.87. The fraction of sp³-hybridized carbons (Fsp3) is 0.917. The standard InChI is InChI=1S/C12H22N2O2/c1-9-2-4-10(5-3-9)14-12(15)11-8-16-7-6-13-11/h9-11,13H,2-8H2,1H3,(H,14,15). The molecule has 2 fully saturated rings. The highest BCUT2D eigenvalue weighted by atomic mass is 16.5. The maximum Gasteiger partial charge on any atom is 0.239 e. The van der Waals surface area contributed by atoms with Gasteiger partial charge in [0, 0.05) is 12.6 Å². The van der Waals surface area contributed by atoms with Crippen LogP contribution in [0.3, 0.4) is 0 Å². The molecule has 0 aromatic carbocycles. The highest BCUT2D eigenvalue weighted by Crippen LogP contribution is 2.23. The third-order valence-electron chi connectivity index (χ3n) is 3.60. The molecular weight excluding hydrogens is 204 g/mol. The van der Waals surface area contributed by atoms with Crippen LogP contribution >= 0.6 is 0 Å². The molecule has 2 aliphatic rings. The molecule has 0 aromatic rings. The summed E-state index contributed by atoms with van der Waals surface area (Å²) in [4.78, 5) is 11.9. The number of hydrogen-bond acceptors (Lipinski definition) is 3. The van der Waals surface area contributed by atoms with Gasteiger partial charge in [0.25, 0.3) is 0 Å². The maximum atomic E-state index is 11.9. The first kappa shape index (κ1) is 11.9. The summed E-state index contributed by atoms with van der Waals surface area (Å²) >= 11 is 0. The number of nitrogens with one attached hydrogen (secondary N) is 2. The van der Waals surface area contributed by atoms with Crippen LogP contribution in [0.5, 0.6) is 0 Å². The number of carbonyl (C=O) groups is 1. The highest BCUT2D eigenvalue weighted by molar-refractivity contribution is 5.82. The molecule has 1 heterocycles. The number of hydrogen-bond donors (Lipinski definition) is 2. The van der Waals surface area contributed by atoms with Gasteiger partial charge in [0.1, 0.15) is 6.04 Å². The number of carbonyl (C=O) groups excluding carboxylic acids is 1. The van der Waals surface area contributed by atoms with Crippen molar-refractivity contribution in [1.82, 2.24) is 10.6 Å². The van der Waals surface area contributed by atoms with E-state index >= 15 is 0 Å². The normalized spacial score (nSPS) is 35.7. The second kappa shape index (κ2) is 5.64. The van der Waals surface area contributed by atoms with Crippen molar-refractivity contribution in [1.29, 1.82) is 0 Å². The van der Waals surface area contributed by atoms with Gasteiger partial charge in [-0.05, 0) is 31.6 Å². The monoisotopic (exact) mass is 226 g/mol. The molecule has 1 aliphatic heterocycles. The molecule has 16 heavy (non-hydrogen) atoms. The Morgan fingerprint density at radius 3 is 2.69 bits per heavy atom. The molecule has 0 radical (unpaired) electrons. The molecule has 0 aromatic heterocycles. The number of amides is 1. The molecule has 2 rings (SSSR count). The summed E-state index contributed by atoms with van der Waals surface area (Å²) in [5.74, 6) is 0.934. The van der Waals surface area contributed by atoms with Crippen LogP contribution in [0.1, 0.15) is 32.6 Å². The molecule has 1 unspecified atom stereocenters. The van der Waals surface area contributed by atoms with Crippen molar-refractivity contribution >= 4 is 5.91 Å². The van der Waals surface area contributed by atoms with E-state index in [4.69, 9.17) is 4.74 Å². The third-order valence-corrected chi connectivity index (χ3v) is 3.60. The summed E-state index contributed by atoms with van der Waals surface area (Å²) in [7, 11) is 0. The topological polar surface area (TPSA) is 50.4 Å². The van der Waals surface area contributed by atoms with E-state index in [1.807, 2.05) is 0 Å². The Bertz CT molecular complexity index is 231. The largest absolute Gasteiger partial charge is 0.378 e. The van der Waals surface area contributed by atoms with Gasteiger partial charge in [0.2, 0.25) is 5.91 Å². The summed E-state index contributed by atoms with van der Waals surface area (Å²) in [6.07, 6.45) is 4.72.